The molecule has 3 fully saturated rings. The molecule has 0 spiro atoms. The van der Waals surface area contributed by atoms with Crippen LogP contribution in [0.1, 0.15) is 51.4 Å². The number of carbonyl (C=O) groups is 2. The number of amides is 2. The molecule has 0 aliphatic carbocycles. The summed E-state index contributed by atoms with van der Waals surface area (Å²) in [7, 11) is -3.45. The van der Waals surface area contributed by atoms with Gasteiger partial charge in [-0.05, 0) is 75.9 Å². The van der Waals surface area contributed by atoms with Crippen LogP contribution in [0.15, 0.2) is 29.2 Å². The lowest BCUT2D eigenvalue weighted by molar-refractivity contribution is -0.137. The minimum absolute atomic E-state index is 0.0764. The average molecular weight is 477 g/mol. The fourth-order valence-corrected chi connectivity index (χ4v) is 6.60. The number of nitrogens with one attached hydrogen (secondary N) is 1. The third kappa shape index (κ3) is 6.13. The minimum atomic E-state index is -3.45. The molecule has 0 radical (unpaired) electrons. The van der Waals surface area contributed by atoms with Gasteiger partial charge < -0.3 is 10.2 Å². The Morgan fingerprint density at radius 1 is 0.818 bits per heavy atom. The first-order chi connectivity index (χ1) is 15.9. The van der Waals surface area contributed by atoms with Crippen molar-refractivity contribution in [3.63, 3.8) is 0 Å². The van der Waals surface area contributed by atoms with E-state index in [9.17, 15) is 18.0 Å². The molecule has 0 aromatic heterocycles. The molecule has 3 aliphatic rings. The Hall–Kier alpha value is -1.97. The molecule has 3 aliphatic heterocycles. The van der Waals surface area contributed by atoms with Gasteiger partial charge in [-0.25, -0.2) is 8.42 Å². The van der Waals surface area contributed by atoms with Gasteiger partial charge in [-0.1, -0.05) is 12.8 Å². The average Bonchev–Trinajstić information content (AvgIpc) is 3.24. The van der Waals surface area contributed by atoms with E-state index in [1.165, 1.54) is 17.1 Å². The predicted molar refractivity (Wildman–Crippen MR) is 127 cm³/mol. The van der Waals surface area contributed by atoms with E-state index in [1.54, 1.807) is 24.3 Å². The number of benzene rings is 1. The maximum Gasteiger partial charge on any atom is 0.243 e. The normalized spacial score (nSPS) is 21.6. The highest BCUT2D eigenvalue weighted by Gasteiger charge is 2.30. The lowest BCUT2D eigenvalue weighted by Crippen LogP contribution is -2.44. The van der Waals surface area contributed by atoms with Crippen LogP contribution in [0.25, 0.3) is 0 Å². The fourth-order valence-electron chi connectivity index (χ4n) is 5.08. The lowest BCUT2D eigenvalue weighted by Gasteiger charge is -2.33. The maximum atomic E-state index is 12.8. The monoisotopic (exact) mass is 476 g/mol. The molecule has 0 bridgehead atoms. The van der Waals surface area contributed by atoms with E-state index < -0.39 is 10.0 Å². The number of carbonyl (C=O) groups excluding carboxylic acids is 2. The summed E-state index contributed by atoms with van der Waals surface area (Å²) < 4.78 is 26.8. The summed E-state index contributed by atoms with van der Waals surface area (Å²) in [6.07, 6.45) is 8.04. The van der Waals surface area contributed by atoms with Crippen LogP contribution in [0.4, 0.5) is 5.69 Å². The number of likely N-dealkylation sites (tertiary alicyclic amines) is 2. The maximum absolute atomic E-state index is 12.8. The van der Waals surface area contributed by atoms with Crippen LogP contribution in [-0.4, -0.2) is 80.2 Å². The Kier molecular flexibility index (Phi) is 8.03. The van der Waals surface area contributed by atoms with Gasteiger partial charge in [0.15, 0.2) is 0 Å². The molecule has 1 aromatic carbocycles. The van der Waals surface area contributed by atoms with Gasteiger partial charge in [0, 0.05) is 37.8 Å². The standard InChI is InChI=1S/C24H36N4O4S/c29-23(25-21-7-9-22(10-8-21)33(31,32)28-15-5-6-16-28)19-26-17-11-20(12-18-26)24(30)27-13-3-1-2-4-14-27/h7-10,20H,1-6,11-19H2,(H,25,29). The molecule has 182 valence electrons. The molecule has 1 N–H and O–H groups in total. The number of sulfonamides is 1. The molecule has 3 heterocycles. The largest absolute Gasteiger partial charge is 0.342 e. The summed E-state index contributed by atoms with van der Waals surface area (Å²) >= 11 is 0. The van der Waals surface area contributed by atoms with Gasteiger partial charge in [-0.3, -0.25) is 14.5 Å². The lowest BCUT2D eigenvalue weighted by atomic mass is 9.95. The van der Waals surface area contributed by atoms with E-state index in [0.29, 0.717) is 24.7 Å². The first kappa shape index (κ1) is 24.2. The number of hydrogen-bond acceptors (Lipinski definition) is 5. The molecule has 0 atom stereocenters. The molecule has 2 amide bonds. The van der Waals surface area contributed by atoms with E-state index in [-0.39, 0.29) is 23.3 Å². The molecule has 1 aromatic rings. The van der Waals surface area contributed by atoms with Gasteiger partial charge in [-0.2, -0.15) is 4.31 Å². The van der Waals surface area contributed by atoms with Gasteiger partial charge in [0.1, 0.15) is 0 Å². The first-order valence-electron chi connectivity index (χ1n) is 12.3. The van der Waals surface area contributed by atoms with Crippen molar-refractivity contribution < 1.29 is 18.0 Å². The molecule has 0 unspecified atom stereocenters. The molecular formula is C24H36N4O4S. The Bertz CT molecular complexity index is 912. The third-order valence-electron chi connectivity index (χ3n) is 7.06. The fraction of sp³-hybridized carbons (Fsp3) is 0.667. The van der Waals surface area contributed by atoms with Crippen molar-refractivity contribution in [2.75, 3.05) is 51.1 Å². The highest BCUT2D eigenvalue weighted by atomic mass is 32.2. The third-order valence-corrected chi connectivity index (χ3v) is 8.98. The Morgan fingerprint density at radius 3 is 2.00 bits per heavy atom. The van der Waals surface area contributed by atoms with Crippen LogP contribution in [0.5, 0.6) is 0 Å². The molecule has 3 saturated heterocycles. The molecule has 9 heteroatoms. The van der Waals surface area contributed by atoms with Crippen LogP contribution < -0.4 is 5.32 Å². The minimum Gasteiger partial charge on any atom is -0.342 e. The summed E-state index contributed by atoms with van der Waals surface area (Å²) in [5, 5.41) is 2.87. The molecule has 8 nitrogen and oxygen atoms in total. The molecule has 4 rings (SSSR count). The summed E-state index contributed by atoms with van der Waals surface area (Å²) in [5.74, 6) is 0.250. The topological polar surface area (TPSA) is 90.0 Å². The van der Waals surface area contributed by atoms with Crippen molar-refractivity contribution in [3.05, 3.63) is 24.3 Å². The molecule has 0 saturated carbocycles. The van der Waals surface area contributed by atoms with Gasteiger partial charge in [-0.15, -0.1) is 0 Å². The Morgan fingerprint density at radius 2 is 1.39 bits per heavy atom. The zero-order valence-corrected chi connectivity index (χ0v) is 20.2. The summed E-state index contributed by atoms with van der Waals surface area (Å²) in [4.78, 5) is 29.8. The summed E-state index contributed by atoms with van der Waals surface area (Å²) in [6.45, 7) is 4.68. The van der Waals surface area contributed by atoms with Crippen molar-refractivity contribution in [2.45, 2.75) is 56.3 Å². The van der Waals surface area contributed by atoms with Crippen LogP contribution in [0.3, 0.4) is 0 Å². The van der Waals surface area contributed by atoms with E-state index >= 15 is 0 Å². The van der Waals surface area contributed by atoms with Crippen molar-refractivity contribution in [3.8, 4) is 0 Å². The number of hydrogen-bond donors (Lipinski definition) is 1. The second kappa shape index (κ2) is 11.0. The SMILES string of the molecule is O=C(CN1CCC(C(=O)N2CCCCCC2)CC1)Nc1ccc(S(=O)(=O)N2CCCC2)cc1. The zero-order chi connectivity index (χ0) is 23.3. The van der Waals surface area contributed by atoms with Crippen molar-refractivity contribution in [1.82, 2.24) is 14.1 Å². The quantitative estimate of drug-likeness (QED) is 0.681. The van der Waals surface area contributed by atoms with E-state index in [0.717, 1.165) is 64.7 Å². The smallest absolute Gasteiger partial charge is 0.243 e. The Balaban J connectivity index is 1.23. The van der Waals surface area contributed by atoms with Gasteiger partial charge in [0.05, 0.1) is 11.4 Å². The van der Waals surface area contributed by atoms with Gasteiger partial charge in [0.25, 0.3) is 0 Å². The second-order valence-corrected chi connectivity index (χ2v) is 11.4. The number of nitrogens with zero attached hydrogens (tertiary/aromatic N) is 3. The summed E-state index contributed by atoms with van der Waals surface area (Å²) in [6, 6.07) is 6.41. The van der Waals surface area contributed by atoms with Crippen LogP contribution in [-0.2, 0) is 19.6 Å². The Labute approximate surface area is 197 Å². The molecular weight excluding hydrogens is 440 g/mol. The predicted octanol–water partition coefficient (Wildman–Crippen LogP) is 2.52. The van der Waals surface area contributed by atoms with Gasteiger partial charge >= 0.3 is 0 Å². The summed E-state index contributed by atoms with van der Waals surface area (Å²) in [5.41, 5.74) is 0.589. The van der Waals surface area contributed by atoms with Crippen molar-refractivity contribution >= 4 is 27.5 Å². The van der Waals surface area contributed by atoms with E-state index in [1.807, 2.05) is 4.90 Å². The van der Waals surface area contributed by atoms with Crippen molar-refractivity contribution in [1.29, 1.82) is 0 Å². The van der Waals surface area contributed by atoms with Gasteiger partial charge in [0.2, 0.25) is 21.8 Å². The highest BCUT2D eigenvalue weighted by Crippen LogP contribution is 2.23. The molecule has 33 heavy (non-hydrogen) atoms. The number of rotatable bonds is 6. The van der Waals surface area contributed by atoms with Crippen LogP contribution in [0.2, 0.25) is 0 Å². The van der Waals surface area contributed by atoms with Crippen molar-refractivity contribution in [2.24, 2.45) is 5.92 Å². The number of anilines is 1. The number of piperidine rings is 1. The van der Waals surface area contributed by atoms with E-state index in [2.05, 4.69) is 10.2 Å². The van der Waals surface area contributed by atoms with Crippen LogP contribution >= 0.6 is 0 Å². The first-order valence-corrected chi connectivity index (χ1v) is 13.8. The van der Waals surface area contributed by atoms with E-state index in [4.69, 9.17) is 0 Å². The van der Waals surface area contributed by atoms with Crippen LogP contribution in [0, 0.1) is 5.92 Å². The zero-order valence-electron chi connectivity index (χ0n) is 19.4. The highest BCUT2D eigenvalue weighted by molar-refractivity contribution is 7.89. The second-order valence-electron chi connectivity index (χ2n) is 9.47.